The lowest BCUT2D eigenvalue weighted by Crippen LogP contribution is -2.30. The van der Waals surface area contributed by atoms with Gasteiger partial charge in [-0.3, -0.25) is 0 Å². The molecule has 27 heavy (non-hydrogen) atoms. The van der Waals surface area contributed by atoms with Gasteiger partial charge in [-0.2, -0.15) is 0 Å². The molecule has 3 heteroatoms. The zero-order valence-corrected chi connectivity index (χ0v) is 19.0. The molecule has 0 heterocycles. The molecule has 1 N–H and O–H groups in total. The average Bonchev–Trinajstić information content (AvgIpc) is 2.64. The molecule has 0 saturated heterocycles. The Morgan fingerprint density at radius 2 is 1.04 bits per heavy atom. The molecule has 1 unspecified atom stereocenters. The highest BCUT2D eigenvalue weighted by Crippen LogP contribution is 2.13. The minimum absolute atomic E-state index is 0.0178. The van der Waals surface area contributed by atoms with Crippen LogP contribution in [-0.4, -0.2) is 18.7 Å². The van der Waals surface area contributed by atoms with E-state index in [1.807, 2.05) is 6.92 Å². The van der Waals surface area contributed by atoms with E-state index in [0.717, 1.165) is 13.0 Å². The number of carbonyl (C=O) groups is 1. The maximum atomic E-state index is 11.6. The van der Waals surface area contributed by atoms with Crippen LogP contribution in [0.2, 0.25) is 0 Å². The van der Waals surface area contributed by atoms with Gasteiger partial charge in [0.25, 0.3) is 0 Å². The van der Waals surface area contributed by atoms with Crippen LogP contribution in [0.15, 0.2) is 0 Å². The Hall–Kier alpha value is -0.730. The lowest BCUT2D eigenvalue weighted by Gasteiger charge is -2.16. The Bertz CT molecular complexity index is 318. The highest BCUT2D eigenvalue weighted by molar-refractivity contribution is 5.67. The van der Waals surface area contributed by atoms with Gasteiger partial charge in [0.1, 0.15) is 6.10 Å². The molecule has 1 amide bonds. The number of hydrogen-bond acceptors (Lipinski definition) is 2. The Morgan fingerprint density at radius 1 is 0.667 bits per heavy atom. The molecule has 0 fully saturated rings. The topological polar surface area (TPSA) is 38.3 Å². The molecular weight excluding hydrogens is 334 g/mol. The number of carbonyl (C=O) groups excluding carboxylic acids is 1. The van der Waals surface area contributed by atoms with Crippen LogP contribution in [0, 0.1) is 5.92 Å². The quantitative estimate of drug-likeness (QED) is 0.229. The third kappa shape index (κ3) is 19.8. The van der Waals surface area contributed by atoms with Crippen molar-refractivity contribution >= 4 is 6.09 Å². The molecule has 0 aliphatic heterocycles. The fourth-order valence-corrected chi connectivity index (χ4v) is 3.21. The largest absolute Gasteiger partial charge is 0.446 e. The first kappa shape index (κ1) is 26.3. The monoisotopic (exact) mass is 383 g/mol. The molecule has 162 valence electrons. The normalized spacial score (nSPS) is 12.3. The maximum absolute atomic E-state index is 11.6. The van der Waals surface area contributed by atoms with E-state index in [1.54, 1.807) is 0 Å². The molecule has 0 aliphatic carbocycles. The second-order valence-electron chi connectivity index (χ2n) is 8.58. The molecule has 0 radical (unpaired) electrons. The summed E-state index contributed by atoms with van der Waals surface area (Å²) < 4.78 is 5.29. The summed E-state index contributed by atoms with van der Waals surface area (Å²) in [6.45, 7) is 9.09. The van der Waals surface area contributed by atoms with Crippen molar-refractivity contribution in [2.24, 2.45) is 5.92 Å². The highest BCUT2D eigenvalue weighted by atomic mass is 16.6. The van der Waals surface area contributed by atoms with Gasteiger partial charge in [0.15, 0.2) is 0 Å². The van der Waals surface area contributed by atoms with Crippen LogP contribution in [0.5, 0.6) is 0 Å². The van der Waals surface area contributed by atoms with Gasteiger partial charge in [0.2, 0.25) is 0 Å². The third-order valence-corrected chi connectivity index (χ3v) is 5.53. The van der Waals surface area contributed by atoms with Crippen LogP contribution >= 0.6 is 0 Å². The summed E-state index contributed by atoms with van der Waals surface area (Å²) in [5, 5.41) is 2.86. The van der Waals surface area contributed by atoms with Gasteiger partial charge in [-0.25, -0.2) is 4.79 Å². The molecule has 1 atom stereocenters. The number of unbranched alkanes of at least 4 members (excludes halogenated alkanes) is 15. The van der Waals surface area contributed by atoms with E-state index < -0.39 is 0 Å². The van der Waals surface area contributed by atoms with Crippen molar-refractivity contribution in [3.05, 3.63) is 0 Å². The molecule has 0 aliphatic rings. The molecule has 0 spiro atoms. The molecule has 0 rings (SSSR count). The Kier molecular flexibility index (Phi) is 19.5. The van der Waals surface area contributed by atoms with Crippen molar-refractivity contribution in [3.63, 3.8) is 0 Å². The fraction of sp³-hybridized carbons (Fsp3) is 0.958. The van der Waals surface area contributed by atoms with Crippen LogP contribution in [0.4, 0.5) is 4.79 Å². The lowest BCUT2D eigenvalue weighted by molar-refractivity contribution is 0.0821. The number of alkyl carbamates (subject to hydrolysis) is 1. The predicted octanol–water partition coefficient (Wildman–Crippen LogP) is 8.02. The third-order valence-electron chi connectivity index (χ3n) is 5.53. The van der Waals surface area contributed by atoms with Gasteiger partial charge in [-0.05, 0) is 19.3 Å². The van der Waals surface area contributed by atoms with Crippen molar-refractivity contribution < 1.29 is 9.53 Å². The number of ether oxygens (including phenoxy) is 1. The SMILES string of the molecule is CCCCCCCCCCCCCCCCCCNC(=O)OC(C)C(C)C. The molecule has 0 bridgehead atoms. The van der Waals surface area contributed by atoms with Gasteiger partial charge in [-0.15, -0.1) is 0 Å². The summed E-state index contributed by atoms with van der Waals surface area (Å²) >= 11 is 0. The van der Waals surface area contributed by atoms with E-state index >= 15 is 0 Å². The molecule has 0 aromatic rings. The van der Waals surface area contributed by atoms with Gasteiger partial charge in [-0.1, -0.05) is 117 Å². The van der Waals surface area contributed by atoms with Crippen molar-refractivity contribution in [2.75, 3.05) is 6.54 Å². The zero-order chi connectivity index (χ0) is 20.2. The summed E-state index contributed by atoms with van der Waals surface area (Å²) in [7, 11) is 0. The maximum Gasteiger partial charge on any atom is 0.407 e. The number of nitrogens with one attached hydrogen (secondary N) is 1. The van der Waals surface area contributed by atoms with E-state index in [9.17, 15) is 4.79 Å². The lowest BCUT2D eigenvalue weighted by atomic mass is 10.0. The van der Waals surface area contributed by atoms with Gasteiger partial charge in [0.05, 0.1) is 0 Å². The Balaban J connectivity index is 3.16. The van der Waals surface area contributed by atoms with E-state index in [-0.39, 0.29) is 12.2 Å². The van der Waals surface area contributed by atoms with Crippen LogP contribution in [-0.2, 0) is 4.74 Å². The Labute approximate surface area is 170 Å². The first-order chi connectivity index (χ1) is 13.1. The predicted molar refractivity (Wildman–Crippen MR) is 118 cm³/mol. The number of hydrogen-bond donors (Lipinski definition) is 1. The number of amides is 1. The van der Waals surface area contributed by atoms with Gasteiger partial charge in [0, 0.05) is 6.54 Å². The van der Waals surface area contributed by atoms with Crippen LogP contribution in [0.3, 0.4) is 0 Å². The summed E-state index contributed by atoms with van der Waals surface area (Å²) in [4.78, 5) is 11.6. The van der Waals surface area contributed by atoms with Crippen molar-refractivity contribution in [3.8, 4) is 0 Å². The van der Waals surface area contributed by atoms with E-state index in [2.05, 4.69) is 26.1 Å². The zero-order valence-electron chi connectivity index (χ0n) is 19.0. The average molecular weight is 384 g/mol. The summed E-state index contributed by atoms with van der Waals surface area (Å²) in [5.74, 6) is 0.367. The molecule has 0 aromatic carbocycles. The van der Waals surface area contributed by atoms with Crippen LogP contribution < -0.4 is 5.32 Å². The van der Waals surface area contributed by atoms with Crippen molar-refractivity contribution in [1.82, 2.24) is 5.32 Å². The summed E-state index contributed by atoms with van der Waals surface area (Å²) in [6.07, 6.45) is 21.6. The van der Waals surface area contributed by atoms with Crippen LogP contribution in [0.25, 0.3) is 0 Å². The minimum atomic E-state index is -0.267. The second kappa shape index (κ2) is 20.0. The van der Waals surface area contributed by atoms with E-state index in [1.165, 1.54) is 96.3 Å². The highest BCUT2D eigenvalue weighted by Gasteiger charge is 2.11. The van der Waals surface area contributed by atoms with Crippen molar-refractivity contribution in [1.29, 1.82) is 0 Å². The molecule has 0 aromatic heterocycles. The Morgan fingerprint density at radius 3 is 1.41 bits per heavy atom. The van der Waals surface area contributed by atoms with Crippen LogP contribution in [0.1, 0.15) is 130 Å². The molecule has 0 saturated carbocycles. The van der Waals surface area contributed by atoms with Crippen molar-refractivity contribution in [2.45, 2.75) is 137 Å². The fourth-order valence-electron chi connectivity index (χ4n) is 3.21. The summed E-state index contributed by atoms with van der Waals surface area (Å²) in [5.41, 5.74) is 0. The molecule has 3 nitrogen and oxygen atoms in total. The smallest absolute Gasteiger partial charge is 0.407 e. The van der Waals surface area contributed by atoms with Gasteiger partial charge < -0.3 is 10.1 Å². The summed E-state index contributed by atoms with van der Waals surface area (Å²) in [6, 6.07) is 0. The molecular formula is C24H49NO2. The first-order valence-corrected chi connectivity index (χ1v) is 12.0. The minimum Gasteiger partial charge on any atom is -0.446 e. The second-order valence-corrected chi connectivity index (χ2v) is 8.58. The number of rotatable bonds is 19. The standard InChI is InChI=1S/C24H49NO2/c1-5-6-7-8-9-10-11-12-13-14-15-16-17-18-19-20-21-25-24(26)27-23(4)22(2)3/h22-23H,5-21H2,1-4H3,(H,25,26). The van der Waals surface area contributed by atoms with E-state index in [0.29, 0.717) is 5.92 Å². The van der Waals surface area contributed by atoms with E-state index in [4.69, 9.17) is 4.74 Å². The first-order valence-electron chi connectivity index (χ1n) is 12.0. The van der Waals surface area contributed by atoms with Gasteiger partial charge >= 0.3 is 6.09 Å².